The maximum atomic E-state index is 12.2. The molecular formula is C16H21N3O. The summed E-state index contributed by atoms with van der Waals surface area (Å²) in [5, 5.41) is 0. The van der Waals surface area contributed by atoms with Gasteiger partial charge in [-0.3, -0.25) is 9.79 Å². The van der Waals surface area contributed by atoms with Crippen molar-refractivity contribution in [2.45, 2.75) is 38.3 Å². The number of amides is 1. The van der Waals surface area contributed by atoms with Crippen LogP contribution in [0.25, 0.3) is 0 Å². The van der Waals surface area contributed by atoms with E-state index in [2.05, 4.69) is 11.1 Å². The Labute approximate surface area is 119 Å². The number of benzene rings is 1. The third-order valence-corrected chi connectivity index (χ3v) is 4.39. The number of carbonyl (C=O) groups is 1. The molecule has 1 atom stereocenters. The molecule has 4 heteroatoms. The Kier molecular flexibility index (Phi) is 3.57. The molecule has 20 heavy (non-hydrogen) atoms. The molecule has 0 spiro atoms. The van der Waals surface area contributed by atoms with Crippen molar-refractivity contribution in [2.24, 2.45) is 16.6 Å². The number of carbonyl (C=O) groups excluding carboxylic acids is 1. The van der Waals surface area contributed by atoms with E-state index in [1.165, 1.54) is 19.3 Å². The number of likely N-dealkylation sites (N-methyl/N-ethyl adjacent to an activating group) is 1. The molecule has 3 rings (SSSR count). The minimum absolute atomic E-state index is 0.136. The van der Waals surface area contributed by atoms with E-state index in [0.717, 1.165) is 29.8 Å². The van der Waals surface area contributed by atoms with Crippen LogP contribution in [0, 0.1) is 5.92 Å². The zero-order valence-electron chi connectivity index (χ0n) is 11.9. The third kappa shape index (κ3) is 2.24. The summed E-state index contributed by atoms with van der Waals surface area (Å²) in [5.41, 5.74) is 9.00. The van der Waals surface area contributed by atoms with E-state index in [4.69, 9.17) is 5.73 Å². The number of hydrogen-bond acceptors (Lipinski definition) is 3. The lowest BCUT2D eigenvalue weighted by Gasteiger charge is -2.24. The van der Waals surface area contributed by atoms with Gasteiger partial charge in [-0.15, -0.1) is 0 Å². The Bertz CT molecular complexity index is 546. The van der Waals surface area contributed by atoms with Crippen molar-refractivity contribution in [1.82, 2.24) is 0 Å². The Morgan fingerprint density at radius 2 is 1.90 bits per heavy atom. The fourth-order valence-corrected chi connectivity index (χ4v) is 3.28. The van der Waals surface area contributed by atoms with E-state index in [1.807, 2.05) is 18.2 Å². The van der Waals surface area contributed by atoms with Gasteiger partial charge in [-0.05, 0) is 18.9 Å². The number of benzodiazepines with no additional fused rings is 1. The van der Waals surface area contributed by atoms with Crippen LogP contribution in [0.3, 0.4) is 0 Å². The van der Waals surface area contributed by atoms with E-state index < -0.39 is 6.17 Å². The molecule has 4 nitrogen and oxygen atoms in total. The minimum atomic E-state index is -0.774. The molecule has 0 radical (unpaired) electrons. The van der Waals surface area contributed by atoms with Gasteiger partial charge in [0.05, 0.1) is 5.69 Å². The molecule has 1 amide bonds. The highest BCUT2D eigenvalue weighted by Crippen LogP contribution is 2.32. The number of aliphatic imine (C=N–C) groups is 1. The van der Waals surface area contributed by atoms with Gasteiger partial charge in [-0.2, -0.15) is 0 Å². The molecule has 1 saturated carbocycles. The molecule has 0 unspecified atom stereocenters. The summed E-state index contributed by atoms with van der Waals surface area (Å²) >= 11 is 0. The van der Waals surface area contributed by atoms with Gasteiger partial charge in [0, 0.05) is 24.2 Å². The molecule has 1 aliphatic heterocycles. The number of rotatable bonds is 1. The highest BCUT2D eigenvalue weighted by Gasteiger charge is 2.30. The number of fused-ring (bicyclic) bond motifs is 1. The third-order valence-electron chi connectivity index (χ3n) is 4.39. The molecule has 106 valence electrons. The topological polar surface area (TPSA) is 58.7 Å². The molecule has 0 aromatic heterocycles. The Hall–Kier alpha value is -1.68. The summed E-state index contributed by atoms with van der Waals surface area (Å²) in [6, 6.07) is 8.00. The molecule has 2 N–H and O–H groups in total. The summed E-state index contributed by atoms with van der Waals surface area (Å²) in [6.07, 6.45) is 5.31. The summed E-state index contributed by atoms with van der Waals surface area (Å²) in [7, 11) is 1.78. The van der Waals surface area contributed by atoms with E-state index in [1.54, 1.807) is 11.9 Å². The van der Waals surface area contributed by atoms with E-state index in [9.17, 15) is 4.79 Å². The summed E-state index contributed by atoms with van der Waals surface area (Å²) in [6.45, 7) is 0. The highest BCUT2D eigenvalue weighted by atomic mass is 16.2. The average molecular weight is 271 g/mol. The van der Waals surface area contributed by atoms with Crippen LogP contribution in [-0.4, -0.2) is 24.8 Å². The second-order valence-electron chi connectivity index (χ2n) is 5.71. The predicted octanol–water partition coefficient (Wildman–Crippen LogP) is 2.32. The number of nitrogens with zero attached hydrogens (tertiary/aromatic N) is 2. The highest BCUT2D eigenvalue weighted by molar-refractivity contribution is 6.13. The molecule has 2 aliphatic rings. The van der Waals surface area contributed by atoms with Crippen molar-refractivity contribution < 1.29 is 4.79 Å². The normalized spacial score (nSPS) is 24.1. The smallest absolute Gasteiger partial charge is 0.266 e. The van der Waals surface area contributed by atoms with Gasteiger partial charge in [0.15, 0.2) is 6.17 Å². The quantitative estimate of drug-likeness (QED) is 0.852. The van der Waals surface area contributed by atoms with Crippen LogP contribution < -0.4 is 10.6 Å². The Balaban J connectivity index is 2.08. The molecule has 0 bridgehead atoms. The lowest BCUT2D eigenvalue weighted by molar-refractivity contribution is -0.119. The monoisotopic (exact) mass is 271 g/mol. The maximum Gasteiger partial charge on any atom is 0.266 e. The van der Waals surface area contributed by atoms with Gasteiger partial charge in [0.1, 0.15) is 0 Å². The number of para-hydroxylation sites is 1. The van der Waals surface area contributed by atoms with Crippen LogP contribution in [0.4, 0.5) is 5.69 Å². The summed E-state index contributed by atoms with van der Waals surface area (Å²) < 4.78 is 0. The SMILES string of the molecule is CN1C(=O)[C@@H](N)N=C(C2CCCCC2)c2ccccc21. The fraction of sp³-hybridized carbons (Fsp3) is 0.500. The first-order chi connectivity index (χ1) is 9.68. The number of nitrogens with two attached hydrogens (primary N) is 1. The van der Waals surface area contributed by atoms with E-state index >= 15 is 0 Å². The summed E-state index contributed by atoms with van der Waals surface area (Å²) in [4.78, 5) is 18.4. The van der Waals surface area contributed by atoms with Gasteiger partial charge in [-0.25, -0.2) is 0 Å². The van der Waals surface area contributed by atoms with E-state index in [0.29, 0.717) is 5.92 Å². The van der Waals surface area contributed by atoms with Crippen molar-refractivity contribution >= 4 is 17.3 Å². The van der Waals surface area contributed by atoms with Crippen LogP contribution in [0.15, 0.2) is 29.3 Å². The van der Waals surface area contributed by atoms with Crippen molar-refractivity contribution in [3.8, 4) is 0 Å². The zero-order chi connectivity index (χ0) is 14.1. The molecular weight excluding hydrogens is 250 g/mol. The van der Waals surface area contributed by atoms with Crippen LogP contribution in [0.1, 0.15) is 37.7 Å². The largest absolute Gasteiger partial charge is 0.312 e. The second kappa shape index (κ2) is 5.37. The van der Waals surface area contributed by atoms with Crippen LogP contribution in [0.5, 0.6) is 0 Å². The molecule has 1 aromatic carbocycles. The number of anilines is 1. The van der Waals surface area contributed by atoms with Crippen molar-refractivity contribution in [3.05, 3.63) is 29.8 Å². The van der Waals surface area contributed by atoms with Crippen LogP contribution in [0.2, 0.25) is 0 Å². The molecule has 1 aromatic rings. The minimum Gasteiger partial charge on any atom is -0.312 e. The van der Waals surface area contributed by atoms with E-state index in [-0.39, 0.29) is 5.91 Å². The van der Waals surface area contributed by atoms with Crippen molar-refractivity contribution in [1.29, 1.82) is 0 Å². The molecule has 0 saturated heterocycles. The molecule has 1 fully saturated rings. The molecule has 1 heterocycles. The first-order valence-corrected chi connectivity index (χ1v) is 7.38. The molecule has 1 aliphatic carbocycles. The fourth-order valence-electron chi connectivity index (χ4n) is 3.28. The van der Waals surface area contributed by atoms with Gasteiger partial charge in [0.25, 0.3) is 5.91 Å². The first kappa shape index (κ1) is 13.3. The van der Waals surface area contributed by atoms with Crippen molar-refractivity contribution in [2.75, 3.05) is 11.9 Å². The van der Waals surface area contributed by atoms with Gasteiger partial charge >= 0.3 is 0 Å². The zero-order valence-corrected chi connectivity index (χ0v) is 11.9. The lowest BCUT2D eigenvalue weighted by Crippen LogP contribution is -2.40. The first-order valence-electron chi connectivity index (χ1n) is 7.38. The summed E-state index contributed by atoms with van der Waals surface area (Å²) in [5.74, 6) is 0.304. The Morgan fingerprint density at radius 1 is 1.20 bits per heavy atom. The lowest BCUT2D eigenvalue weighted by atomic mass is 9.83. The number of hydrogen-bond donors (Lipinski definition) is 1. The maximum absolute atomic E-state index is 12.2. The van der Waals surface area contributed by atoms with Gasteiger partial charge in [-0.1, -0.05) is 37.5 Å². The standard InChI is InChI=1S/C16H21N3O/c1-19-13-10-6-5-9-12(13)14(18-15(17)16(19)20)11-7-3-2-4-8-11/h5-6,9-11,15H,2-4,7-8,17H2,1H3/t15-/m0/s1. The van der Waals surface area contributed by atoms with Crippen LogP contribution in [-0.2, 0) is 4.79 Å². The Morgan fingerprint density at radius 3 is 2.65 bits per heavy atom. The average Bonchev–Trinajstić information content (AvgIpc) is 2.60. The van der Waals surface area contributed by atoms with Crippen molar-refractivity contribution in [3.63, 3.8) is 0 Å². The van der Waals surface area contributed by atoms with Crippen LogP contribution >= 0.6 is 0 Å². The predicted molar refractivity (Wildman–Crippen MR) is 80.9 cm³/mol. The van der Waals surface area contributed by atoms with Gasteiger partial charge in [0.2, 0.25) is 0 Å². The second-order valence-corrected chi connectivity index (χ2v) is 5.71. The van der Waals surface area contributed by atoms with Gasteiger partial charge < -0.3 is 10.6 Å².